The lowest BCUT2D eigenvalue weighted by atomic mass is 9.90. The third-order valence-corrected chi connectivity index (χ3v) is 10.2. The number of hydrogen-bond acceptors (Lipinski definition) is 4. The summed E-state index contributed by atoms with van der Waals surface area (Å²) in [6.45, 7) is 9.08. The van der Waals surface area contributed by atoms with Crippen LogP contribution >= 0.6 is 0 Å². The summed E-state index contributed by atoms with van der Waals surface area (Å²) in [7, 11) is 0. The Morgan fingerprint density at radius 2 is 0.538 bits per heavy atom. The summed E-state index contributed by atoms with van der Waals surface area (Å²) in [5, 5.41) is 0. The van der Waals surface area contributed by atoms with Crippen LogP contribution in [0.25, 0.3) is 0 Å². The molecule has 4 atom stereocenters. The van der Waals surface area contributed by atoms with Gasteiger partial charge in [-0.05, 0) is 142 Å². The third-order valence-electron chi connectivity index (χ3n) is 10.2. The minimum Gasteiger partial charge on any atom is -0.399 e. The van der Waals surface area contributed by atoms with Gasteiger partial charge in [-0.25, -0.2) is 0 Å². The number of nitrogen functional groups attached to an aromatic ring is 4. The molecule has 0 aliphatic carbocycles. The van der Waals surface area contributed by atoms with Crippen LogP contribution in [0.2, 0.25) is 0 Å². The second kappa shape index (κ2) is 18.1. The Kier molecular flexibility index (Phi) is 13.2. The van der Waals surface area contributed by atoms with Crippen molar-refractivity contribution < 1.29 is 0 Å². The van der Waals surface area contributed by atoms with E-state index in [1.165, 1.54) is 44.5 Å². The molecule has 0 aliphatic heterocycles. The van der Waals surface area contributed by atoms with E-state index in [1.807, 2.05) is 48.5 Å². The van der Waals surface area contributed by atoms with Gasteiger partial charge in [-0.15, -0.1) is 0 Å². The first-order valence-electron chi connectivity index (χ1n) is 18.6. The molecule has 0 amide bonds. The van der Waals surface area contributed by atoms with Gasteiger partial charge in [0.05, 0.1) is 0 Å². The molecule has 52 heavy (non-hydrogen) atoms. The predicted octanol–water partition coefficient (Wildman–Crippen LogP) is 11.1. The summed E-state index contributed by atoms with van der Waals surface area (Å²) < 4.78 is 0. The topological polar surface area (TPSA) is 104 Å². The van der Waals surface area contributed by atoms with Crippen LogP contribution in [0.5, 0.6) is 0 Å². The van der Waals surface area contributed by atoms with Crippen LogP contribution in [0.1, 0.15) is 95.9 Å². The number of anilines is 4. The molecule has 6 rings (SSSR count). The maximum absolute atomic E-state index is 5.79. The molecule has 0 radical (unpaired) electrons. The highest BCUT2D eigenvalue weighted by Gasteiger charge is 2.11. The highest BCUT2D eigenvalue weighted by molar-refractivity contribution is 5.43. The maximum Gasteiger partial charge on any atom is 0.0314 e. The molecule has 0 spiro atoms. The zero-order chi connectivity index (χ0) is 37.0. The zero-order valence-corrected chi connectivity index (χ0v) is 31.3. The molecule has 0 saturated heterocycles. The lowest BCUT2D eigenvalue weighted by molar-refractivity contribution is 0.744. The molecule has 0 aromatic heterocycles. The molecule has 268 valence electrons. The highest BCUT2D eigenvalue weighted by Crippen LogP contribution is 2.27. The van der Waals surface area contributed by atoms with E-state index in [9.17, 15) is 0 Å². The molecule has 0 fully saturated rings. The van der Waals surface area contributed by atoms with Crippen molar-refractivity contribution in [2.24, 2.45) is 0 Å². The van der Waals surface area contributed by atoms with Crippen LogP contribution in [-0.4, -0.2) is 0 Å². The van der Waals surface area contributed by atoms with E-state index in [2.05, 4.69) is 125 Å². The zero-order valence-electron chi connectivity index (χ0n) is 31.3. The Labute approximate surface area is 311 Å². The fraction of sp³-hybridized carbons (Fsp3) is 0.250. The smallest absolute Gasteiger partial charge is 0.0314 e. The molecule has 6 aromatic rings. The van der Waals surface area contributed by atoms with E-state index >= 15 is 0 Å². The number of benzene rings is 6. The monoisotopic (exact) mass is 688 g/mol. The minimum absolute atomic E-state index is 0.473. The fourth-order valence-electron chi connectivity index (χ4n) is 6.88. The summed E-state index contributed by atoms with van der Waals surface area (Å²) in [6, 6.07) is 50.9. The SMILES string of the molecule is CC(Cc1ccc(CC(C)c2ccc(N)cc2)cc1)c1ccc(N)cc1.CC(Cc1cccc(CC(C)c2ccc(N)cc2)c1)c1ccc(N)cc1. The van der Waals surface area contributed by atoms with E-state index in [0.29, 0.717) is 23.7 Å². The van der Waals surface area contributed by atoms with E-state index in [-0.39, 0.29) is 0 Å². The predicted molar refractivity (Wildman–Crippen MR) is 225 cm³/mol. The van der Waals surface area contributed by atoms with Crippen LogP contribution in [0, 0.1) is 0 Å². The number of rotatable bonds is 12. The molecule has 4 nitrogen and oxygen atoms in total. The molecule has 6 aromatic carbocycles. The van der Waals surface area contributed by atoms with Gasteiger partial charge in [-0.3, -0.25) is 0 Å². The lowest BCUT2D eigenvalue weighted by Gasteiger charge is -2.15. The summed E-state index contributed by atoms with van der Waals surface area (Å²) in [5.74, 6) is 1.91. The van der Waals surface area contributed by atoms with Crippen molar-refractivity contribution in [3.05, 3.63) is 190 Å². The van der Waals surface area contributed by atoms with Gasteiger partial charge in [0.2, 0.25) is 0 Å². The Hall–Kier alpha value is -5.48. The largest absolute Gasteiger partial charge is 0.399 e. The van der Waals surface area contributed by atoms with Gasteiger partial charge in [-0.2, -0.15) is 0 Å². The molecular formula is C48H56N4. The lowest BCUT2D eigenvalue weighted by Crippen LogP contribution is -2.02. The van der Waals surface area contributed by atoms with Crippen molar-refractivity contribution in [2.75, 3.05) is 22.9 Å². The summed E-state index contributed by atoms with van der Waals surface area (Å²) in [6.07, 6.45) is 4.15. The molecule has 4 unspecified atom stereocenters. The van der Waals surface area contributed by atoms with Gasteiger partial charge in [0.25, 0.3) is 0 Å². The average molecular weight is 689 g/mol. The Morgan fingerprint density at radius 1 is 0.308 bits per heavy atom. The van der Waals surface area contributed by atoms with Crippen molar-refractivity contribution in [3.63, 3.8) is 0 Å². The van der Waals surface area contributed by atoms with Crippen molar-refractivity contribution in [1.29, 1.82) is 0 Å². The van der Waals surface area contributed by atoms with Gasteiger partial charge in [0, 0.05) is 22.7 Å². The van der Waals surface area contributed by atoms with Crippen molar-refractivity contribution >= 4 is 22.7 Å². The summed E-state index contributed by atoms with van der Waals surface area (Å²) in [5.41, 5.74) is 37.3. The second-order valence-corrected chi connectivity index (χ2v) is 14.7. The van der Waals surface area contributed by atoms with E-state index < -0.39 is 0 Å². The Morgan fingerprint density at radius 3 is 0.788 bits per heavy atom. The quantitative estimate of drug-likeness (QED) is 0.0961. The van der Waals surface area contributed by atoms with Crippen LogP contribution in [0.15, 0.2) is 146 Å². The summed E-state index contributed by atoms with van der Waals surface area (Å²) >= 11 is 0. The molecule has 0 bridgehead atoms. The van der Waals surface area contributed by atoms with Gasteiger partial charge in [0.1, 0.15) is 0 Å². The van der Waals surface area contributed by atoms with Crippen LogP contribution in [0.3, 0.4) is 0 Å². The third kappa shape index (κ3) is 11.3. The first kappa shape index (κ1) is 37.8. The molecule has 4 heteroatoms. The first-order chi connectivity index (χ1) is 25.0. The van der Waals surface area contributed by atoms with Gasteiger partial charge < -0.3 is 22.9 Å². The molecular weight excluding hydrogens is 633 g/mol. The van der Waals surface area contributed by atoms with Crippen molar-refractivity contribution in [3.8, 4) is 0 Å². The highest BCUT2D eigenvalue weighted by atomic mass is 14.5. The van der Waals surface area contributed by atoms with Crippen molar-refractivity contribution in [2.45, 2.75) is 77.0 Å². The standard InChI is InChI=1S/2C24H28N2/c1-17(21-7-11-23(25)12-8-21)15-19-3-5-20(6-4-19)16-18(2)22-9-13-24(26)14-10-22;1-17(21-6-10-23(25)11-7-21)14-19-4-3-5-20(16-19)15-18(2)22-8-12-24(26)13-9-22/h3-14,17-18H,15-16,25-26H2,1-2H3;3-13,16-18H,14-15,25-26H2,1-2H3. The van der Waals surface area contributed by atoms with E-state index in [0.717, 1.165) is 48.4 Å². The maximum atomic E-state index is 5.79. The fourth-order valence-corrected chi connectivity index (χ4v) is 6.88. The first-order valence-corrected chi connectivity index (χ1v) is 18.6. The van der Waals surface area contributed by atoms with E-state index in [4.69, 9.17) is 22.9 Å². The Balaban J connectivity index is 0.000000201. The number of nitrogens with two attached hydrogens (primary N) is 4. The van der Waals surface area contributed by atoms with Crippen LogP contribution < -0.4 is 22.9 Å². The molecule has 0 saturated carbocycles. The minimum atomic E-state index is 0.473. The molecule has 8 N–H and O–H groups in total. The van der Waals surface area contributed by atoms with Gasteiger partial charge in [0.15, 0.2) is 0 Å². The normalized spacial score (nSPS) is 13.3. The van der Waals surface area contributed by atoms with Crippen molar-refractivity contribution in [1.82, 2.24) is 0 Å². The molecule has 0 heterocycles. The summed E-state index contributed by atoms with van der Waals surface area (Å²) in [4.78, 5) is 0. The van der Waals surface area contributed by atoms with Gasteiger partial charge >= 0.3 is 0 Å². The van der Waals surface area contributed by atoms with Crippen LogP contribution in [0.4, 0.5) is 22.7 Å². The van der Waals surface area contributed by atoms with Gasteiger partial charge in [-0.1, -0.05) is 125 Å². The number of hydrogen-bond donors (Lipinski definition) is 4. The van der Waals surface area contributed by atoms with E-state index in [1.54, 1.807) is 0 Å². The molecule has 0 aliphatic rings. The Bertz CT molecular complexity index is 1800. The average Bonchev–Trinajstić information content (AvgIpc) is 3.14. The second-order valence-electron chi connectivity index (χ2n) is 14.7. The van der Waals surface area contributed by atoms with Crippen LogP contribution in [-0.2, 0) is 25.7 Å².